The molecule has 0 saturated carbocycles. The van der Waals surface area contributed by atoms with Crippen LogP contribution in [0.4, 0.5) is 0 Å². The molecule has 0 amide bonds. The molecule has 1 aliphatic heterocycles. The van der Waals surface area contributed by atoms with Crippen LogP contribution in [0.3, 0.4) is 0 Å². The van der Waals surface area contributed by atoms with Gasteiger partial charge in [-0.2, -0.15) is 0 Å². The van der Waals surface area contributed by atoms with Gasteiger partial charge in [-0.25, -0.2) is 13.1 Å². The van der Waals surface area contributed by atoms with Gasteiger partial charge < -0.3 is 10.1 Å². The Balaban J connectivity index is 1.80. The molecule has 2 rings (SSSR count). The lowest BCUT2D eigenvalue weighted by Crippen LogP contribution is -2.46. The highest BCUT2D eigenvalue weighted by Crippen LogP contribution is 2.14. The maximum atomic E-state index is 12.1. The number of benzene rings is 1. The molecular weight excluding hydrogens is 290 g/mol. The Morgan fingerprint density at radius 1 is 1.33 bits per heavy atom. The van der Waals surface area contributed by atoms with Crippen LogP contribution in [0.15, 0.2) is 24.3 Å². The van der Waals surface area contributed by atoms with Crippen molar-refractivity contribution in [3.05, 3.63) is 29.8 Å². The number of nitrogens with one attached hydrogen (secondary N) is 2. The lowest BCUT2D eigenvalue weighted by atomic mass is 10.2. The molecule has 0 aliphatic carbocycles. The van der Waals surface area contributed by atoms with Gasteiger partial charge in [-0.15, -0.1) is 0 Å². The lowest BCUT2D eigenvalue weighted by molar-refractivity contribution is 0.245. The van der Waals surface area contributed by atoms with Crippen molar-refractivity contribution in [1.29, 1.82) is 0 Å². The summed E-state index contributed by atoms with van der Waals surface area (Å²) < 4.78 is 31.9. The largest absolute Gasteiger partial charge is 0.497 e. The predicted molar refractivity (Wildman–Crippen MR) is 82.9 cm³/mol. The smallest absolute Gasteiger partial charge is 0.215 e. The number of sulfonamides is 1. The van der Waals surface area contributed by atoms with Gasteiger partial charge >= 0.3 is 0 Å². The van der Waals surface area contributed by atoms with Gasteiger partial charge in [0.25, 0.3) is 0 Å². The minimum Gasteiger partial charge on any atom is -0.497 e. The van der Waals surface area contributed by atoms with Gasteiger partial charge in [-0.05, 0) is 17.7 Å². The van der Waals surface area contributed by atoms with Gasteiger partial charge in [-0.1, -0.05) is 12.1 Å². The van der Waals surface area contributed by atoms with Crippen LogP contribution >= 0.6 is 0 Å². The second-order valence-corrected chi connectivity index (χ2v) is 6.90. The molecule has 7 heteroatoms. The topological polar surface area (TPSA) is 70.7 Å². The molecule has 1 aromatic carbocycles. The van der Waals surface area contributed by atoms with Gasteiger partial charge in [0.1, 0.15) is 5.75 Å². The van der Waals surface area contributed by atoms with E-state index in [0.29, 0.717) is 12.3 Å². The van der Waals surface area contributed by atoms with E-state index in [4.69, 9.17) is 4.74 Å². The molecule has 0 unspecified atom stereocenters. The highest BCUT2D eigenvalue weighted by atomic mass is 32.2. The second-order valence-electron chi connectivity index (χ2n) is 5.10. The first-order valence-electron chi connectivity index (χ1n) is 7.12. The fourth-order valence-electron chi connectivity index (χ4n) is 2.33. The molecule has 1 saturated heterocycles. The molecule has 6 nitrogen and oxygen atoms in total. The van der Waals surface area contributed by atoms with Crippen LogP contribution in [-0.2, 0) is 15.8 Å². The lowest BCUT2D eigenvalue weighted by Gasteiger charge is -2.27. The van der Waals surface area contributed by atoms with Crippen molar-refractivity contribution in [2.75, 3.05) is 46.4 Å². The third kappa shape index (κ3) is 5.62. The van der Waals surface area contributed by atoms with Crippen molar-refractivity contribution in [3.63, 3.8) is 0 Å². The van der Waals surface area contributed by atoms with Crippen molar-refractivity contribution in [1.82, 2.24) is 14.9 Å². The zero-order valence-electron chi connectivity index (χ0n) is 12.3. The van der Waals surface area contributed by atoms with Crippen LogP contribution in [0.5, 0.6) is 5.75 Å². The molecule has 0 spiro atoms. The van der Waals surface area contributed by atoms with Crippen molar-refractivity contribution >= 4 is 10.0 Å². The van der Waals surface area contributed by atoms with Gasteiger partial charge in [0.15, 0.2) is 0 Å². The summed E-state index contributed by atoms with van der Waals surface area (Å²) >= 11 is 0. The van der Waals surface area contributed by atoms with Crippen molar-refractivity contribution < 1.29 is 13.2 Å². The Bertz CT molecular complexity index is 542. The summed E-state index contributed by atoms with van der Waals surface area (Å²) in [5.41, 5.74) is 0.726. The van der Waals surface area contributed by atoms with E-state index in [9.17, 15) is 8.42 Å². The number of rotatable bonds is 7. The van der Waals surface area contributed by atoms with E-state index >= 15 is 0 Å². The number of hydrogen-bond donors (Lipinski definition) is 2. The third-order valence-corrected chi connectivity index (χ3v) is 4.81. The molecule has 118 valence electrons. The van der Waals surface area contributed by atoms with E-state index < -0.39 is 10.0 Å². The molecule has 0 atom stereocenters. The maximum absolute atomic E-state index is 12.1. The van der Waals surface area contributed by atoms with Crippen LogP contribution < -0.4 is 14.8 Å². The molecule has 0 bridgehead atoms. The summed E-state index contributed by atoms with van der Waals surface area (Å²) in [4.78, 5) is 2.25. The molecule has 0 radical (unpaired) electrons. The molecule has 21 heavy (non-hydrogen) atoms. The molecule has 2 N–H and O–H groups in total. The monoisotopic (exact) mass is 313 g/mol. The van der Waals surface area contributed by atoms with Crippen molar-refractivity contribution in [2.24, 2.45) is 0 Å². The number of hydrogen-bond acceptors (Lipinski definition) is 5. The Morgan fingerprint density at radius 3 is 2.81 bits per heavy atom. The Labute approximate surface area is 126 Å². The number of piperazine rings is 1. The summed E-state index contributed by atoms with van der Waals surface area (Å²) in [6, 6.07) is 7.13. The van der Waals surface area contributed by atoms with Gasteiger partial charge in [0.05, 0.1) is 12.9 Å². The SMILES string of the molecule is COc1cccc(CS(=O)(=O)NCCN2CCNCC2)c1. The standard InChI is InChI=1S/C14H23N3O3S/c1-20-14-4-2-3-13(11-14)12-21(18,19)16-7-10-17-8-5-15-6-9-17/h2-4,11,15-16H,5-10,12H2,1H3. The van der Waals surface area contributed by atoms with Gasteiger partial charge in [0, 0.05) is 39.3 Å². The maximum Gasteiger partial charge on any atom is 0.215 e. The first kappa shape index (κ1) is 16.2. The molecule has 1 aliphatic rings. The van der Waals surface area contributed by atoms with E-state index in [1.807, 2.05) is 0 Å². The number of methoxy groups -OCH3 is 1. The van der Waals surface area contributed by atoms with Gasteiger partial charge in [-0.3, -0.25) is 4.90 Å². The summed E-state index contributed by atoms with van der Waals surface area (Å²) in [7, 11) is -1.74. The fourth-order valence-corrected chi connectivity index (χ4v) is 3.45. The molecule has 1 fully saturated rings. The van der Waals surface area contributed by atoms with E-state index in [1.165, 1.54) is 0 Å². The summed E-state index contributed by atoms with van der Waals surface area (Å²) in [5.74, 6) is 0.648. The normalized spacial score (nSPS) is 16.8. The minimum atomic E-state index is -3.31. The third-order valence-electron chi connectivity index (χ3n) is 3.45. The average molecular weight is 313 g/mol. The molecule has 1 aromatic rings. The molecule has 1 heterocycles. The molecule has 0 aromatic heterocycles. The van der Waals surface area contributed by atoms with E-state index in [0.717, 1.165) is 38.3 Å². The number of ether oxygens (including phenoxy) is 1. The highest BCUT2D eigenvalue weighted by molar-refractivity contribution is 7.88. The molecular formula is C14H23N3O3S. The minimum absolute atomic E-state index is 0.0221. The van der Waals surface area contributed by atoms with E-state index in [-0.39, 0.29) is 5.75 Å². The fraction of sp³-hybridized carbons (Fsp3) is 0.571. The van der Waals surface area contributed by atoms with Crippen molar-refractivity contribution in [3.8, 4) is 5.75 Å². The van der Waals surface area contributed by atoms with Crippen LogP contribution in [0.25, 0.3) is 0 Å². The predicted octanol–water partition coefficient (Wildman–Crippen LogP) is 0.0198. The van der Waals surface area contributed by atoms with E-state index in [1.54, 1.807) is 31.4 Å². The second kappa shape index (κ2) is 7.74. The highest BCUT2D eigenvalue weighted by Gasteiger charge is 2.14. The quantitative estimate of drug-likeness (QED) is 0.743. The summed E-state index contributed by atoms with van der Waals surface area (Å²) in [6.45, 7) is 5.08. The first-order chi connectivity index (χ1) is 10.1. The van der Waals surface area contributed by atoms with Crippen LogP contribution in [-0.4, -0.2) is 59.7 Å². The van der Waals surface area contributed by atoms with Crippen molar-refractivity contribution in [2.45, 2.75) is 5.75 Å². The Hall–Kier alpha value is -1.15. The Morgan fingerprint density at radius 2 is 2.10 bits per heavy atom. The summed E-state index contributed by atoms with van der Waals surface area (Å²) in [6.07, 6.45) is 0. The summed E-state index contributed by atoms with van der Waals surface area (Å²) in [5, 5.41) is 3.27. The van der Waals surface area contributed by atoms with Crippen LogP contribution in [0, 0.1) is 0 Å². The Kier molecular flexibility index (Phi) is 5.98. The average Bonchev–Trinajstić information content (AvgIpc) is 2.48. The zero-order chi connectivity index (χ0) is 15.1. The van der Waals surface area contributed by atoms with Gasteiger partial charge in [0.2, 0.25) is 10.0 Å². The van der Waals surface area contributed by atoms with Crippen LogP contribution in [0.2, 0.25) is 0 Å². The first-order valence-corrected chi connectivity index (χ1v) is 8.78. The number of nitrogens with zero attached hydrogens (tertiary/aromatic N) is 1. The van der Waals surface area contributed by atoms with E-state index in [2.05, 4.69) is 14.9 Å². The zero-order valence-corrected chi connectivity index (χ0v) is 13.2. The van der Waals surface area contributed by atoms with Crippen LogP contribution in [0.1, 0.15) is 5.56 Å².